The molecule has 1 aromatic rings. The van der Waals surface area contributed by atoms with E-state index < -0.39 is 6.03 Å². The first-order valence-corrected chi connectivity index (χ1v) is 9.10. The van der Waals surface area contributed by atoms with Crippen LogP contribution in [0.15, 0.2) is 29.2 Å². The number of imide groups is 1. The molecular formula is C17H26N3O2S+. The molecule has 5 nitrogen and oxygen atoms in total. The molecule has 0 saturated carbocycles. The molecule has 126 valence electrons. The van der Waals surface area contributed by atoms with E-state index in [1.165, 1.54) is 23.3 Å². The number of allylic oxidation sites excluding steroid dienone is 1. The molecule has 1 aliphatic rings. The van der Waals surface area contributed by atoms with E-state index in [-0.39, 0.29) is 12.5 Å². The van der Waals surface area contributed by atoms with Gasteiger partial charge in [0.15, 0.2) is 6.54 Å². The lowest BCUT2D eigenvalue weighted by Crippen LogP contribution is -3.08. The van der Waals surface area contributed by atoms with E-state index in [1.54, 1.807) is 11.3 Å². The Kier molecular flexibility index (Phi) is 7.29. The molecule has 0 bridgehead atoms. The fourth-order valence-electron chi connectivity index (χ4n) is 2.73. The van der Waals surface area contributed by atoms with Gasteiger partial charge in [-0.3, -0.25) is 10.1 Å². The van der Waals surface area contributed by atoms with E-state index in [0.29, 0.717) is 6.54 Å². The van der Waals surface area contributed by atoms with Crippen LogP contribution in [0.5, 0.6) is 0 Å². The summed E-state index contributed by atoms with van der Waals surface area (Å²) in [4.78, 5) is 25.9. The minimum atomic E-state index is -0.393. The Hall–Kier alpha value is -1.66. The van der Waals surface area contributed by atoms with Crippen molar-refractivity contribution in [2.45, 2.75) is 38.6 Å². The highest BCUT2D eigenvalue weighted by Crippen LogP contribution is 2.19. The molecule has 0 fully saturated rings. The number of urea groups is 1. The van der Waals surface area contributed by atoms with Crippen LogP contribution in [0.1, 0.15) is 37.0 Å². The summed E-state index contributed by atoms with van der Waals surface area (Å²) in [5.41, 5.74) is 1.42. The fraction of sp³-hybridized carbons (Fsp3) is 0.529. The van der Waals surface area contributed by atoms with Gasteiger partial charge >= 0.3 is 6.03 Å². The third kappa shape index (κ3) is 6.97. The second-order valence-corrected chi connectivity index (χ2v) is 7.08. The largest absolute Gasteiger partial charge is 0.337 e. The predicted octanol–water partition coefficient (Wildman–Crippen LogP) is 1.48. The van der Waals surface area contributed by atoms with Crippen LogP contribution in [0.4, 0.5) is 4.79 Å². The average molecular weight is 336 g/mol. The lowest BCUT2D eigenvalue weighted by molar-refractivity contribution is -0.885. The molecule has 0 aromatic carbocycles. The highest BCUT2D eigenvalue weighted by molar-refractivity contribution is 7.09. The van der Waals surface area contributed by atoms with Gasteiger partial charge in [0, 0.05) is 6.54 Å². The first-order chi connectivity index (χ1) is 11.1. The van der Waals surface area contributed by atoms with Gasteiger partial charge in [-0.15, -0.1) is 11.3 Å². The standard InChI is InChI=1S/C17H25N3O2S/c1-20(12-15-8-5-11-23-15)13-16(21)19-17(22)18-10-9-14-6-3-2-4-7-14/h5-6,8,11H,2-4,7,9-10,12-13H2,1H3,(H2,18,19,21,22)/p+1. The molecule has 0 spiro atoms. The van der Waals surface area contributed by atoms with Gasteiger partial charge in [-0.25, -0.2) is 4.79 Å². The number of rotatable bonds is 7. The third-order valence-electron chi connectivity index (χ3n) is 3.89. The van der Waals surface area contributed by atoms with Gasteiger partial charge in [-0.1, -0.05) is 17.7 Å². The molecule has 23 heavy (non-hydrogen) atoms. The Bertz CT molecular complexity index is 540. The molecule has 1 atom stereocenters. The molecule has 6 heteroatoms. The number of quaternary nitrogens is 1. The maximum Gasteiger partial charge on any atom is 0.321 e. The number of carbonyl (C=O) groups excluding carboxylic acids is 2. The summed E-state index contributed by atoms with van der Waals surface area (Å²) in [5.74, 6) is -0.242. The SMILES string of the molecule is C[NH+](CC(=O)NC(=O)NCCC1=CCCCC1)Cc1cccs1. The monoisotopic (exact) mass is 336 g/mol. The van der Waals surface area contributed by atoms with E-state index >= 15 is 0 Å². The van der Waals surface area contributed by atoms with E-state index in [2.05, 4.69) is 22.8 Å². The summed E-state index contributed by atoms with van der Waals surface area (Å²) < 4.78 is 0. The van der Waals surface area contributed by atoms with Crippen LogP contribution < -0.4 is 15.5 Å². The van der Waals surface area contributed by atoms with Gasteiger partial charge in [0.05, 0.1) is 11.9 Å². The van der Waals surface area contributed by atoms with Gasteiger partial charge in [0.2, 0.25) is 0 Å². The summed E-state index contributed by atoms with van der Waals surface area (Å²) in [6, 6.07) is 3.66. The quantitative estimate of drug-likeness (QED) is 0.661. The average Bonchev–Trinajstić information content (AvgIpc) is 3.00. The number of hydrogen-bond acceptors (Lipinski definition) is 3. The van der Waals surface area contributed by atoms with E-state index in [4.69, 9.17) is 0 Å². The zero-order chi connectivity index (χ0) is 16.5. The van der Waals surface area contributed by atoms with Gasteiger partial charge in [0.1, 0.15) is 6.54 Å². The molecule has 1 unspecified atom stereocenters. The summed E-state index contributed by atoms with van der Waals surface area (Å²) in [7, 11) is 1.95. The predicted molar refractivity (Wildman–Crippen MR) is 92.5 cm³/mol. The van der Waals surface area contributed by atoms with Crippen molar-refractivity contribution in [3.05, 3.63) is 34.0 Å². The van der Waals surface area contributed by atoms with Crippen LogP contribution in [0, 0.1) is 0 Å². The first kappa shape index (κ1) is 17.7. The van der Waals surface area contributed by atoms with Crippen molar-refractivity contribution in [3.8, 4) is 0 Å². The lowest BCUT2D eigenvalue weighted by atomic mass is 9.97. The minimum absolute atomic E-state index is 0.242. The number of carbonyl (C=O) groups is 2. The molecule has 1 aromatic heterocycles. The molecule has 0 radical (unpaired) electrons. The number of nitrogens with one attached hydrogen (secondary N) is 3. The van der Waals surface area contributed by atoms with Crippen LogP contribution in [-0.2, 0) is 11.3 Å². The van der Waals surface area contributed by atoms with Crippen molar-refractivity contribution >= 4 is 23.3 Å². The van der Waals surface area contributed by atoms with Crippen molar-refractivity contribution in [2.24, 2.45) is 0 Å². The lowest BCUT2D eigenvalue weighted by Gasteiger charge is -2.14. The van der Waals surface area contributed by atoms with Crippen LogP contribution in [0.3, 0.4) is 0 Å². The maximum absolute atomic E-state index is 11.9. The van der Waals surface area contributed by atoms with Crippen molar-refractivity contribution in [3.63, 3.8) is 0 Å². The molecule has 3 N–H and O–H groups in total. The molecular weight excluding hydrogens is 310 g/mol. The Labute approximate surface area is 141 Å². The summed E-state index contributed by atoms with van der Waals surface area (Å²) in [6.45, 7) is 1.67. The zero-order valence-electron chi connectivity index (χ0n) is 13.7. The third-order valence-corrected chi connectivity index (χ3v) is 4.76. The number of hydrogen-bond donors (Lipinski definition) is 3. The normalized spacial score (nSPS) is 15.6. The summed E-state index contributed by atoms with van der Waals surface area (Å²) >= 11 is 1.68. The number of likely N-dealkylation sites (N-methyl/N-ethyl adjacent to an activating group) is 1. The highest BCUT2D eigenvalue weighted by atomic mass is 32.1. The topological polar surface area (TPSA) is 62.6 Å². The summed E-state index contributed by atoms with van der Waals surface area (Å²) in [5, 5.41) is 7.19. The van der Waals surface area contributed by atoms with Crippen LogP contribution in [0.25, 0.3) is 0 Å². The van der Waals surface area contributed by atoms with Crippen molar-refractivity contribution < 1.29 is 14.5 Å². The minimum Gasteiger partial charge on any atom is -0.337 e. The molecule has 2 rings (SSSR count). The van der Waals surface area contributed by atoms with Crippen LogP contribution in [0.2, 0.25) is 0 Å². The molecule has 0 saturated heterocycles. The van der Waals surface area contributed by atoms with E-state index in [1.807, 2.05) is 18.5 Å². The number of thiophene rings is 1. The second-order valence-electron chi connectivity index (χ2n) is 6.05. The Morgan fingerprint density at radius 1 is 1.35 bits per heavy atom. The van der Waals surface area contributed by atoms with Crippen molar-refractivity contribution in [1.82, 2.24) is 10.6 Å². The van der Waals surface area contributed by atoms with Gasteiger partial charge < -0.3 is 10.2 Å². The molecule has 3 amide bonds. The Morgan fingerprint density at radius 2 is 2.22 bits per heavy atom. The Balaban J connectivity index is 1.60. The van der Waals surface area contributed by atoms with Gasteiger partial charge in [-0.2, -0.15) is 0 Å². The highest BCUT2D eigenvalue weighted by Gasteiger charge is 2.14. The molecule has 0 aliphatic heterocycles. The second kappa shape index (κ2) is 9.47. The van der Waals surface area contributed by atoms with Crippen LogP contribution in [-0.4, -0.2) is 32.1 Å². The fourth-order valence-corrected chi connectivity index (χ4v) is 3.55. The molecule has 1 aliphatic carbocycles. The van der Waals surface area contributed by atoms with E-state index in [0.717, 1.165) is 30.7 Å². The summed E-state index contributed by atoms with van der Waals surface area (Å²) in [6.07, 6.45) is 7.96. The van der Waals surface area contributed by atoms with Crippen molar-refractivity contribution in [2.75, 3.05) is 20.1 Å². The Morgan fingerprint density at radius 3 is 2.91 bits per heavy atom. The maximum atomic E-state index is 11.9. The van der Waals surface area contributed by atoms with Gasteiger partial charge in [-0.05, 0) is 43.6 Å². The van der Waals surface area contributed by atoms with Crippen molar-refractivity contribution in [1.29, 1.82) is 0 Å². The van der Waals surface area contributed by atoms with E-state index in [9.17, 15) is 9.59 Å². The molecule has 1 heterocycles. The van der Waals surface area contributed by atoms with Crippen LogP contribution >= 0.6 is 11.3 Å². The first-order valence-electron chi connectivity index (χ1n) is 8.23. The number of amides is 3. The van der Waals surface area contributed by atoms with Gasteiger partial charge in [0.25, 0.3) is 5.91 Å². The zero-order valence-corrected chi connectivity index (χ0v) is 14.5. The smallest absolute Gasteiger partial charge is 0.321 e.